The van der Waals surface area contributed by atoms with Crippen LogP contribution in [0.15, 0.2) is 91.3 Å². The Balaban J connectivity index is 1.49. The number of benzene rings is 2. The van der Waals surface area contributed by atoms with Gasteiger partial charge in [-0.05, 0) is 35.9 Å². The Kier molecular flexibility index (Phi) is 6.07. The molecule has 0 atom stereocenters. The van der Waals surface area contributed by atoms with Crippen molar-refractivity contribution in [2.24, 2.45) is 0 Å². The van der Waals surface area contributed by atoms with Crippen LogP contribution in [0.1, 0.15) is 21.6 Å². The largest absolute Gasteiger partial charge is 0.352 e. The first kappa shape index (κ1) is 21.5. The highest BCUT2D eigenvalue weighted by molar-refractivity contribution is 6.06. The van der Waals surface area contributed by atoms with Crippen molar-refractivity contribution in [2.75, 3.05) is 6.54 Å². The molecule has 0 fully saturated rings. The molecule has 0 aliphatic carbocycles. The molecule has 7 heteroatoms. The standard InChI is InChI=1S/C27H22FN5O/c28-21-10-6-7-19(15-21)18-33-26-24(17-31-33)23(16-25(32-26)20-8-2-1-3-9-20)27(34)30-14-12-22-11-4-5-13-29-22/h1-11,13,15-17H,12,14,18H2,(H,30,34). The summed E-state index contributed by atoms with van der Waals surface area (Å²) in [7, 11) is 0. The van der Waals surface area contributed by atoms with Gasteiger partial charge in [0.05, 0.1) is 29.4 Å². The van der Waals surface area contributed by atoms with Gasteiger partial charge in [0.25, 0.3) is 5.91 Å². The molecule has 1 N–H and O–H groups in total. The highest BCUT2D eigenvalue weighted by Gasteiger charge is 2.18. The predicted molar refractivity (Wildman–Crippen MR) is 129 cm³/mol. The lowest BCUT2D eigenvalue weighted by Crippen LogP contribution is -2.26. The Morgan fingerprint density at radius 1 is 0.971 bits per heavy atom. The molecule has 0 saturated carbocycles. The molecule has 5 aromatic rings. The van der Waals surface area contributed by atoms with E-state index in [4.69, 9.17) is 4.98 Å². The van der Waals surface area contributed by atoms with E-state index >= 15 is 0 Å². The normalized spacial score (nSPS) is 11.0. The quantitative estimate of drug-likeness (QED) is 0.391. The van der Waals surface area contributed by atoms with Crippen molar-refractivity contribution < 1.29 is 9.18 Å². The van der Waals surface area contributed by atoms with Crippen LogP contribution in [-0.4, -0.2) is 32.2 Å². The lowest BCUT2D eigenvalue weighted by Gasteiger charge is -2.10. The van der Waals surface area contributed by atoms with Gasteiger partial charge in [0.2, 0.25) is 0 Å². The molecule has 0 spiro atoms. The minimum atomic E-state index is -0.306. The fourth-order valence-corrected chi connectivity index (χ4v) is 3.86. The van der Waals surface area contributed by atoms with Crippen molar-refractivity contribution in [3.8, 4) is 11.3 Å². The monoisotopic (exact) mass is 451 g/mol. The molecule has 1 amide bonds. The molecule has 6 nitrogen and oxygen atoms in total. The summed E-state index contributed by atoms with van der Waals surface area (Å²) in [6, 6.07) is 23.6. The Bertz CT molecular complexity index is 1430. The maximum absolute atomic E-state index is 13.7. The van der Waals surface area contributed by atoms with E-state index in [1.54, 1.807) is 29.2 Å². The molecule has 0 unspecified atom stereocenters. The maximum Gasteiger partial charge on any atom is 0.252 e. The van der Waals surface area contributed by atoms with Gasteiger partial charge in [0.15, 0.2) is 5.65 Å². The van der Waals surface area contributed by atoms with Crippen LogP contribution in [0, 0.1) is 5.82 Å². The van der Waals surface area contributed by atoms with Crippen molar-refractivity contribution >= 4 is 16.9 Å². The van der Waals surface area contributed by atoms with Gasteiger partial charge in [-0.25, -0.2) is 14.1 Å². The number of aromatic nitrogens is 4. The highest BCUT2D eigenvalue weighted by Crippen LogP contribution is 2.25. The average Bonchev–Trinajstić information content (AvgIpc) is 3.27. The molecule has 3 heterocycles. The average molecular weight is 452 g/mol. The third kappa shape index (κ3) is 4.68. The zero-order valence-corrected chi connectivity index (χ0v) is 18.4. The number of hydrogen-bond donors (Lipinski definition) is 1. The number of carbonyl (C=O) groups excluding carboxylic acids is 1. The van der Waals surface area contributed by atoms with Crippen molar-refractivity contribution in [3.63, 3.8) is 0 Å². The molecule has 168 valence electrons. The summed E-state index contributed by atoms with van der Waals surface area (Å²) in [4.78, 5) is 22.3. The van der Waals surface area contributed by atoms with Gasteiger partial charge in [0, 0.05) is 30.4 Å². The first-order valence-corrected chi connectivity index (χ1v) is 11.0. The molecule has 0 aliphatic heterocycles. The summed E-state index contributed by atoms with van der Waals surface area (Å²) < 4.78 is 15.4. The topological polar surface area (TPSA) is 72.7 Å². The van der Waals surface area contributed by atoms with E-state index in [1.807, 2.05) is 54.6 Å². The van der Waals surface area contributed by atoms with E-state index in [-0.39, 0.29) is 11.7 Å². The Hall–Kier alpha value is -4.39. The second-order valence-corrected chi connectivity index (χ2v) is 7.92. The smallest absolute Gasteiger partial charge is 0.252 e. The van der Waals surface area contributed by atoms with Crippen molar-refractivity contribution in [2.45, 2.75) is 13.0 Å². The summed E-state index contributed by atoms with van der Waals surface area (Å²) in [5, 5.41) is 8.10. The van der Waals surface area contributed by atoms with Crippen molar-refractivity contribution in [1.82, 2.24) is 25.1 Å². The molecule has 0 saturated heterocycles. The number of fused-ring (bicyclic) bond motifs is 1. The fraction of sp³-hybridized carbons (Fsp3) is 0.111. The van der Waals surface area contributed by atoms with E-state index in [0.717, 1.165) is 16.8 Å². The van der Waals surface area contributed by atoms with Crippen molar-refractivity contribution in [3.05, 3.63) is 114 Å². The minimum absolute atomic E-state index is 0.203. The van der Waals surface area contributed by atoms with Crippen LogP contribution >= 0.6 is 0 Å². The lowest BCUT2D eigenvalue weighted by molar-refractivity contribution is 0.0955. The molecule has 5 rings (SSSR count). The van der Waals surface area contributed by atoms with Gasteiger partial charge in [-0.15, -0.1) is 0 Å². The molecule has 34 heavy (non-hydrogen) atoms. The number of pyridine rings is 2. The lowest BCUT2D eigenvalue weighted by atomic mass is 10.1. The molecular formula is C27H22FN5O. The van der Waals surface area contributed by atoms with Gasteiger partial charge >= 0.3 is 0 Å². The maximum atomic E-state index is 13.7. The van der Waals surface area contributed by atoms with Crippen LogP contribution < -0.4 is 5.32 Å². The number of nitrogens with zero attached hydrogens (tertiary/aromatic N) is 4. The number of rotatable bonds is 7. The van der Waals surface area contributed by atoms with E-state index in [0.29, 0.717) is 41.8 Å². The van der Waals surface area contributed by atoms with Gasteiger partial charge in [-0.2, -0.15) is 5.10 Å². The summed E-state index contributed by atoms with van der Waals surface area (Å²) >= 11 is 0. The number of nitrogens with one attached hydrogen (secondary N) is 1. The highest BCUT2D eigenvalue weighted by atomic mass is 19.1. The number of amides is 1. The first-order chi connectivity index (χ1) is 16.7. The molecule has 0 aliphatic rings. The molecule has 3 aromatic heterocycles. The second-order valence-electron chi connectivity index (χ2n) is 7.92. The Morgan fingerprint density at radius 2 is 1.82 bits per heavy atom. The SMILES string of the molecule is O=C(NCCc1ccccn1)c1cc(-c2ccccc2)nc2c1cnn2Cc1cccc(F)c1. The zero-order valence-electron chi connectivity index (χ0n) is 18.4. The molecule has 2 aromatic carbocycles. The minimum Gasteiger partial charge on any atom is -0.352 e. The van der Waals surface area contributed by atoms with Crippen LogP contribution in [0.25, 0.3) is 22.3 Å². The van der Waals surface area contributed by atoms with Crippen LogP contribution in [0.4, 0.5) is 4.39 Å². The second kappa shape index (κ2) is 9.62. The predicted octanol–water partition coefficient (Wildman–Crippen LogP) is 4.65. The van der Waals surface area contributed by atoms with Crippen LogP contribution in [0.5, 0.6) is 0 Å². The molecule has 0 radical (unpaired) electrons. The summed E-state index contributed by atoms with van der Waals surface area (Å²) in [5.41, 5.74) is 4.30. The van der Waals surface area contributed by atoms with E-state index < -0.39 is 0 Å². The third-order valence-corrected chi connectivity index (χ3v) is 5.54. The van der Waals surface area contributed by atoms with Crippen LogP contribution in [0.3, 0.4) is 0 Å². The number of carbonyl (C=O) groups is 1. The first-order valence-electron chi connectivity index (χ1n) is 11.0. The fourth-order valence-electron chi connectivity index (χ4n) is 3.86. The number of halogens is 1. The molecule has 0 bridgehead atoms. The summed E-state index contributed by atoms with van der Waals surface area (Å²) in [6.45, 7) is 0.797. The van der Waals surface area contributed by atoms with Crippen molar-refractivity contribution in [1.29, 1.82) is 0 Å². The number of hydrogen-bond acceptors (Lipinski definition) is 4. The van der Waals surface area contributed by atoms with Crippen LogP contribution in [0.2, 0.25) is 0 Å². The Morgan fingerprint density at radius 3 is 2.62 bits per heavy atom. The zero-order chi connectivity index (χ0) is 23.3. The third-order valence-electron chi connectivity index (χ3n) is 5.54. The van der Waals surface area contributed by atoms with E-state index in [2.05, 4.69) is 15.4 Å². The van der Waals surface area contributed by atoms with Crippen LogP contribution in [-0.2, 0) is 13.0 Å². The van der Waals surface area contributed by atoms with Gasteiger partial charge in [-0.1, -0.05) is 48.5 Å². The molecular weight excluding hydrogens is 429 g/mol. The Labute approximate surface area is 196 Å². The van der Waals surface area contributed by atoms with Gasteiger partial charge in [-0.3, -0.25) is 9.78 Å². The van der Waals surface area contributed by atoms with E-state index in [1.165, 1.54) is 12.1 Å². The van der Waals surface area contributed by atoms with Gasteiger partial charge < -0.3 is 5.32 Å². The summed E-state index contributed by atoms with van der Waals surface area (Å²) in [5.74, 6) is -0.509. The van der Waals surface area contributed by atoms with Gasteiger partial charge in [0.1, 0.15) is 5.82 Å². The van der Waals surface area contributed by atoms with E-state index in [9.17, 15) is 9.18 Å². The summed E-state index contributed by atoms with van der Waals surface area (Å²) in [6.07, 6.45) is 4.01.